The molecular weight excluding hydrogens is 270 g/mol. The highest BCUT2D eigenvalue weighted by molar-refractivity contribution is 6.07. The first-order chi connectivity index (χ1) is 10.2. The molecule has 1 unspecified atom stereocenters. The van der Waals surface area contributed by atoms with E-state index in [1.165, 1.54) is 0 Å². The van der Waals surface area contributed by atoms with E-state index in [9.17, 15) is 9.59 Å². The lowest BCUT2D eigenvalue weighted by Crippen LogP contribution is -2.50. The van der Waals surface area contributed by atoms with E-state index in [2.05, 4.69) is 10.6 Å². The quantitative estimate of drug-likeness (QED) is 0.767. The van der Waals surface area contributed by atoms with Gasteiger partial charge in [0.25, 0.3) is 0 Å². The van der Waals surface area contributed by atoms with Crippen molar-refractivity contribution in [3.63, 3.8) is 0 Å². The molecule has 114 valence electrons. The van der Waals surface area contributed by atoms with E-state index in [1.807, 2.05) is 31.2 Å². The van der Waals surface area contributed by atoms with E-state index >= 15 is 0 Å². The highest BCUT2D eigenvalue weighted by Gasteiger charge is 2.32. The lowest BCUT2D eigenvalue weighted by molar-refractivity contribution is -0.124. The second-order valence-corrected chi connectivity index (χ2v) is 4.89. The molecule has 0 radical (unpaired) electrons. The number of nitrogens with one attached hydrogen (secondary N) is 2. The molecule has 0 spiro atoms. The molecule has 0 bridgehead atoms. The van der Waals surface area contributed by atoms with Gasteiger partial charge >= 0.3 is 0 Å². The third-order valence-corrected chi connectivity index (χ3v) is 3.43. The van der Waals surface area contributed by atoms with Crippen molar-refractivity contribution >= 4 is 23.2 Å². The van der Waals surface area contributed by atoms with Gasteiger partial charge in [-0.15, -0.1) is 0 Å². The van der Waals surface area contributed by atoms with Gasteiger partial charge in [0.15, 0.2) is 0 Å². The largest absolute Gasteiger partial charge is 0.383 e. The summed E-state index contributed by atoms with van der Waals surface area (Å²) in [5.41, 5.74) is 1.63. The zero-order chi connectivity index (χ0) is 15.2. The summed E-state index contributed by atoms with van der Waals surface area (Å²) in [4.78, 5) is 25.9. The molecule has 0 saturated heterocycles. The predicted molar refractivity (Wildman–Crippen MR) is 81.4 cm³/mol. The van der Waals surface area contributed by atoms with Crippen LogP contribution >= 0.6 is 0 Å². The van der Waals surface area contributed by atoms with E-state index in [1.54, 1.807) is 12.0 Å². The standard InChI is InChI=1S/C15H21N3O3/c1-3-11-15(20)18(10-14(19)16-8-9-21-2)13-7-5-4-6-12(13)17-11/h4-7,11,17H,3,8-10H2,1-2H3,(H,16,19). The van der Waals surface area contributed by atoms with Crippen molar-refractivity contribution < 1.29 is 14.3 Å². The van der Waals surface area contributed by atoms with Crippen molar-refractivity contribution in [2.75, 3.05) is 37.0 Å². The van der Waals surface area contributed by atoms with Crippen molar-refractivity contribution in [3.8, 4) is 0 Å². The first-order valence-corrected chi connectivity index (χ1v) is 7.10. The third kappa shape index (κ3) is 3.52. The average Bonchev–Trinajstić information content (AvgIpc) is 2.50. The number of nitrogens with zero attached hydrogens (tertiary/aromatic N) is 1. The smallest absolute Gasteiger partial charge is 0.250 e. The van der Waals surface area contributed by atoms with E-state index < -0.39 is 0 Å². The van der Waals surface area contributed by atoms with Crippen LogP contribution < -0.4 is 15.5 Å². The normalized spacial score (nSPS) is 17.1. The van der Waals surface area contributed by atoms with E-state index in [0.29, 0.717) is 19.6 Å². The third-order valence-electron chi connectivity index (χ3n) is 3.43. The molecule has 1 atom stereocenters. The second kappa shape index (κ2) is 7.08. The number of carbonyl (C=O) groups excluding carboxylic acids is 2. The molecule has 2 amide bonds. The highest BCUT2D eigenvalue weighted by Crippen LogP contribution is 2.31. The van der Waals surface area contributed by atoms with Crippen molar-refractivity contribution in [1.82, 2.24) is 5.32 Å². The number of carbonyl (C=O) groups is 2. The fourth-order valence-electron chi connectivity index (χ4n) is 2.32. The van der Waals surface area contributed by atoms with Crippen LogP contribution in [0.5, 0.6) is 0 Å². The van der Waals surface area contributed by atoms with Gasteiger partial charge in [-0.3, -0.25) is 14.5 Å². The zero-order valence-corrected chi connectivity index (χ0v) is 12.4. The number of fused-ring (bicyclic) bond motifs is 1. The Morgan fingerprint density at radius 1 is 1.43 bits per heavy atom. The van der Waals surface area contributed by atoms with Crippen molar-refractivity contribution in [2.45, 2.75) is 19.4 Å². The van der Waals surface area contributed by atoms with Crippen LogP contribution in [0.4, 0.5) is 11.4 Å². The summed E-state index contributed by atoms with van der Waals surface area (Å²) >= 11 is 0. The molecule has 1 aromatic carbocycles. The molecule has 0 saturated carbocycles. The van der Waals surface area contributed by atoms with Gasteiger partial charge < -0.3 is 15.4 Å². The van der Waals surface area contributed by atoms with Crippen LogP contribution in [0.1, 0.15) is 13.3 Å². The molecule has 6 heteroatoms. The topological polar surface area (TPSA) is 70.7 Å². The van der Waals surface area contributed by atoms with Crippen molar-refractivity contribution in [2.24, 2.45) is 0 Å². The minimum atomic E-state index is -0.285. The second-order valence-electron chi connectivity index (χ2n) is 4.89. The van der Waals surface area contributed by atoms with Crippen LogP contribution in [0.3, 0.4) is 0 Å². The molecule has 1 aromatic rings. The minimum Gasteiger partial charge on any atom is -0.383 e. The number of anilines is 2. The van der Waals surface area contributed by atoms with E-state index in [-0.39, 0.29) is 24.4 Å². The summed E-state index contributed by atoms with van der Waals surface area (Å²) in [5, 5.41) is 5.95. The van der Waals surface area contributed by atoms with Crippen LogP contribution in [0.25, 0.3) is 0 Å². The first kappa shape index (κ1) is 15.3. The SMILES string of the molecule is CCC1Nc2ccccc2N(CC(=O)NCCOC)C1=O. The van der Waals surface area contributed by atoms with Gasteiger partial charge in [-0.05, 0) is 18.6 Å². The Kier molecular flexibility index (Phi) is 5.16. The molecule has 2 rings (SSSR count). The van der Waals surface area contributed by atoms with Gasteiger partial charge in [0.2, 0.25) is 11.8 Å². The zero-order valence-electron chi connectivity index (χ0n) is 12.4. The van der Waals surface area contributed by atoms with E-state index in [4.69, 9.17) is 4.74 Å². The summed E-state index contributed by atoms with van der Waals surface area (Å²) in [5.74, 6) is -0.259. The highest BCUT2D eigenvalue weighted by atomic mass is 16.5. The van der Waals surface area contributed by atoms with Crippen LogP contribution in [0.15, 0.2) is 24.3 Å². The fraction of sp³-hybridized carbons (Fsp3) is 0.467. The van der Waals surface area contributed by atoms with Crippen molar-refractivity contribution in [1.29, 1.82) is 0 Å². The molecule has 6 nitrogen and oxygen atoms in total. The summed E-state index contributed by atoms with van der Waals surface area (Å²) in [6.45, 7) is 2.86. The Morgan fingerprint density at radius 3 is 2.90 bits per heavy atom. The Morgan fingerprint density at radius 2 is 2.19 bits per heavy atom. The molecule has 0 aromatic heterocycles. The minimum absolute atomic E-state index is 0.0255. The Labute approximate surface area is 124 Å². The monoisotopic (exact) mass is 291 g/mol. The maximum absolute atomic E-state index is 12.4. The van der Waals surface area contributed by atoms with Crippen LogP contribution in [-0.2, 0) is 14.3 Å². The summed E-state index contributed by atoms with van der Waals surface area (Å²) in [6, 6.07) is 7.24. The number of amides is 2. The number of methoxy groups -OCH3 is 1. The van der Waals surface area contributed by atoms with Gasteiger partial charge in [-0.25, -0.2) is 0 Å². The van der Waals surface area contributed by atoms with E-state index in [0.717, 1.165) is 11.4 Å². The molecule has 1 aliphatic rings. The Hall–Kier alpha value is -2.08. The molecule has 2 N–H and O–H groups in total. The number of rotatable bonds is 6. The maximum atomic E-state index is 12.4. The number of benzene rings is 1. The molecule has 1 heterocycles. The molecule has 0 aliphatic carbocycles. The molecule has 1 aliphatic heterocycles. The van der Waals surface area contributed by atoms with Crippen molar-refractivity contribution in [3.05, 3.63) is 24.3 Å². The van der Waals surface area contributed by atoms with Gasteiger partial charge in [0.1, 0.15) is 12.6 Å². The van der Waals surface area contributed by atoms with Gasteiger partial charge in [0.05, 0.1) is 18.0 Å². The van der Waals surface area contributed by atoms with Gasteiger partial charge in [-0.2, -0.15) is 0 Å². The number of hydrogen-bond acceptors (Lipinski definition) is 4. The van der Waals surface area contributed by atoms with Gasteiger partial charge in [-0.1, -0.05) is 19.1 Å². The first-order valence-electron chi connectivity index (χ1n) is 7.10. The summed E-state index contributed by atoms with van der Waals surface area (Å²) in [6.07, 6.45) is 0.676. The fourth-order valence-corrected chi connectivity index (χ4v) is 2.32. The summed E-state index contributed by atoms with van der Waals surface area (Å²) in [7, 11) is 1.58. The molecule has 21 heavy (non-hydrogen) atoms. The number of para-hydroxylation sites is 2. The number of hydrogen-bond donors (Lipinski definition) is 2. The maximum Gasteiger partial charge on any atom is 0.250 e. The van der Waals surface area contributed by atoms with Crippen LogP contribution in [-0.4, -0.2) is 44.7 Å². The van der Waals surface area contributed by atoms with Gasteiger partial charge in [0, 0.05) is 13.7 Å². The summed E-state index contributed by atoms with van der Waals surface area (Å²) < 4.78 is 4.89. The number of ether oxygens (including phenoxy) is 1. The Balaban J connectivity index is 2.12. The predicted octanol–water partition coefficient (Wildman–Crippen LogP) is 0.986. The Bertz CT molecular complexity index is 519. The van der Waals surface area contributed by atoms with Crippen LogP contribution in [0.2, 0.25) is 0 Å². The van der Waals surface area contributed by atoms with Crippen LogP contribution in [0, 0.1) is 0 Å². The average molecular weight is 291 g/mol. The lowest BCUT2D eigenvalue weighted by Gasteiger charge is -2.34. The molecule has 0 fully saturated rings. The molecular formula is C15H21N3O3. The lowest BCUT2D eigenvalue weighted by atomic mass is 10.1.